The van der Waals surface area contributed by atoms with Crippen molar-refractivity contribution in [3.63, 3.8) is 0 Å². The highest BCUT2D eigenvalue weighted by Crippen LogP contribution is 2.30. The molecular weight excluding hydrogens is 392 g/mol. The van der Waals surface area contributed by atoms with Crippen LogP contribution in [-0.4, -0.2) is 58.0 Å². The number of fused-ring (bicyclic) bond motifs is 1. The second-order valence-corrected chi connectivity index (χ2v) is 8.46. The molecule has 1 saturated heterocycles. The smallest absolute Gasteiger partial charge is 0.216 e. The van der Waals surface area contributed by atoms with E-state index in [4.69, 9.17) is 14.6 Å². The molecule has 0 atom stereocenters. The molecule has 0 spiro atoms. The molecule has 2 aliphatic heterocycles. The van der Waals surface area contributed by atoms with Gasteiger partial charge in [0.05, 0.1) is 49.8 Å². The number of nitrogens with zero attached hydrogens (tertiary/aromatic N) is 5. The molecule has 8 nitrogen and oxygen atoms in total. The van der Waals surface area contributed by atoms with Crippen LogP contribution in [0.3, 0.4) is 0 Å². The summed E-state index contributed by atoms with van der Waals surface area (Å²) in [6.07, 6.45) is 10.0. The number of methoxy groups -OCH3 is 1. The quantitative estimate of drug-likeness (QED) is 0.681. The van der Waals surface area contributed by atoms with Gasteiger partial charge in [0, 0.05) is 35.9 Å². The molecule has 1 N–H and O–H groups in total. The number of ether oxygens (including phenoxy) is 2. The van der Waals surface area contributed by atoms with E-state index in [0.29, 0.717) is 18.4 Å². The molecule has 3 aromatic heterocycles. The molecule has 2 aliphatic rings. The van der Waals surface area contributed by atoms with Gasteiger partial charge in [-0.05, 0) is 51.3 Å². The van der Waals surface area contributed by atoms with Crippen LogP contribution in [0, 0.1) is 12.8 Å². The average molecular weight is 423 g/mol. The van der Waals surface area contributed by atoms with Gasteiger partial charge in [0.1, 0.15) is 0 Å². The van der Waals surface area contributed by atoms with Gasteiger partial charge in [0.15, 0.2) is 0 Å². The third-order valence-electron chi connectivity index (χ3n) is 6.33. The normalized spacial score (nSPS) is 17.4. The second-order valence-electron chi connectivity index (χ2n) is 8.46. The summed E-state index contributed by atoms with van der Waals surface area (Å²) >= 11 is 0. The number of hydrogen-bond donors (Lipinski definition) is 1. The molecule has 5 heterocycles. The molecule has 5 rings (SSSR count). The fraction of sp³-hybridized carbons (Fsp3) is 0.522. The molecule has 0 aromatic carbocycles. The number of hydrogen-bond acceptors (Lipinski definition) is 6. The molecule has 0 bridgehead atoms. The van der Waals surface area contributed by atoms with Crippen molar-refractivity contribution in [2.75, 3.05) is 33.4 Å². The SMILES string of the molecule is COc1ncc(-n2nc(-c3cnn(CC4CCNCC4)c3)c3c2CCOCC3)cc1C. The summed E-state index contributed by atoms with van der Waals surface area (Å²) in [6, 6.07) is 2.08. The van der Waals surface area contributed by atoms with E-state index in [1.807, 2.05) is 24.0 Å². The van der Waals surface area contributed by atoms with E-state index < -0.39 is 0 Å². The average Bonchev–Trinajstić information content (AvgIpc) is 3.31. The van der Waals surface area contributed by atoms with Crippen LogP contribution < -0.4 is 10.1 Å². The van der Waals surface area contributed by atoms with Crippen molar-refractivity contribution in [3.05, 3.63) is 41.5 Å². The zero-order valence-corrected chi connectivity index (χ0v) is 18.3. The summed E-state index contributed by atoms with van der Waals surface area (Å²) < 4.78 is 15.2. The Kier molecular flexibility index (Phi) is 5.74. The van der Waals surface area contributed by atoms with Crippen molar-refractivity contribution in [3.8, 4) is 22.8 Å². The van der Waals surface area contributed by atoms with Gasteiger partial charge in [0.25, 0.3) is 0 Å². The van der Waals surface area contributed by atoms with E-state index in [1.54, 1.807) is 7.11 Å². The number of rotatable bonds is 5. The Morgan fingerprint density at radius 1 is 1.19 bits per heavy atom. The predicted molar refractivity (Wildman–Crippen MR) is 118 cm³/mol. The van der Waals surface area contributed by atoms with Gasteiger partial charge in [-0.15, -0.1) is 0 Å². The Bertz CT molecular complexity index is 1050. The Hall–Kier alpha value is -2.71. The van der Waals surface area contributed by atoms with Gasteiger partial charge >= 0.3 is 0 Å². The summed E-state index contributed by atoms with van der Waals surface area (Å²) in [4.78, 5) is 4.46. The maximum atomic E-state index is 5.78. The first-order valence-corrected chi connectivity index (χ1v) is 11.2. The fourth-order valence-electron chi connectivity index (χ4n) is 4.69. The van der Waals surface area contributed by atoms with Gasteiger partial charge in [0.2, 0.25) is 5.88 Å². The number of piperidine rings is 1. The molecular formula is C23H30N6O2. The third-order valence-corrected chi connectivity index (χ3v) is 6.33. The number of aromatic nitrogens is 5. The highest BCUT2D eigenvalue weighted by Gasteiger charge is 2.23. The van der Waals surface area contributed by atoms with Crippen molar-refractivity contribution in [2.24, 2.45) is 5.92 Å². The van der Waals surface area contributed by atoms with Crippen molar-refractivity contribution in [1.82, 2.24) is 29.9 Å². The lowest BCUT2D eigenvalue weighted by Crippen LogP contribution is -2.29. The highest BCUT2D eigenvalue weighted by molar-refractivity contribution is 5.64. The Balaban J connectivity index is 1.50. The van der Waals surface area contributed by atoms with Crippen LogP contribution in [0.15, 0.2) is 24.7 Å². The summed E-state index contributed by atoms with van der Waals surface area (Å²) in [5.41, 5.74) is 6.47. The van der Waals surface area contributed by atoms with Crippen molar-refractivity contribution in [1.29, 1.82) is 0 Å². The Morgan fingerprint density at radius 2 is 2.03 bits per heavy atom. The Labute approximate surface area is 182 Å². The van der Waals surface area contributed by atoms with Gasteiger partial charge in [-0.3, -0.25) is 4.68 Å². The fourth-order valence-corrected chi connectivity index (χ4v) is 4.69. The van der Waals surface area contributed by atoms with Crippen LogP contribution in [0.25, 0.3) is 16.9 Å². The first-order chi connectivity index (χ1) is 15.2. The van der Waals surface area contributed by atoms with Crippen LogP contribution >= 0.6 is 0 Å². The van der Waals surface area contributed by atoms with E-state index in [9.17, 15) is 0 Å². The van der Waals surface area contributed by atoms with Crippen LogP contribution in [-0.2, 0) is 24.1 Å². The minimum Gasteiger partial charge on any atom is -0.481 e. The molecule has 0 radical (unpaired) electrons. The van der Waals surface area contributed by atoms with E-state index in [1.165, 1.54) is 24.1 Å². The van der Waals surface area contributed by atoms with E-state index in [2.05, 4.69) is 32.3 Å². The summed E-state index contributed by atoms with van der Waals surface area (Å²) in [7, 11) is 1.64. The first kappa shape index (κ1) is 20.2. The van der Waals surface area contributed by atoms with Gasteiger partial charge in [-0.1, -0.05) is 0 Å². The third kappa shape index (κ3) is 4.09. The van der Waals surface area contributed by atoms with Crippen molar-refractivity contribution >= 4 is 0 Å². The van der Waals surface area contributed by atoms with Gasteiger partial charge in [-0.2, -0.15) is 10.2 Å². The minimum atomic E-state index is 0.643. The largest absolute Gasteiger partial charge is 0.481 e. The lowest BCUT2D eigenvalue weighted by Gasteiger charge is -2.22. The van der Waals surface area contributed by atoms with Gasteiger partial charge in [-0.25, -0.2) is 9.67 Å². The van der Waals surface area contributed by atoms with Crippen LogP contribution in [0.5, 0.6) is 5.88 Å². The molecule has 164 valence electrons. The molecule has 0 unspecified atom stereocenters. The molecule has 1 fully saturated rings. The van der Waals surface area contributed by atoms with Crippen molar-refractivity contribution in [2.45, 2.75) is 39.2 Å². The molecule has 0 saturated carbocycles. The second kappa shape index (κ2) is 8.80. The molecule has 3 aromatic rings. The molecule has 0 amide bonds. The first-order valence-electron chi connectivity index (χ1n) is 11.2. The minimum absolute atomic E-state index is 0.643. The Morgan fingerprint density at radius 3 is 2.84 bits per heavy atom. The standard InChI is InChI=1S/C23H30N6O2/c1-16-11-19(13-25-23(16)30-2)29-21-6-10-31-9-5-20(21)22(27-29)18-12-26-28(15-18)14-17-3-7-24-8-4-17/h11-13,15,17,24H,3-10,14H2,1-2H3. The lowest BCUT2D eigenvalue weighted by molar-refractivity contribution is 0.145. The maximum absolute atomic E-state index is 5.78. The van der Waals surface area contributed by atoms with E-state index in [-0.39, 0.29) is 0 Å². The monoisotopic (exact) mass is 422 g/mol. The number of nitrogens with one attached hydrogen (secondary N) is 1. The van der Waals surface area contributed by atoms with Crippen LogP contribution in [0.2, 0.25) is 0 Å². The summed E-state index contributed by atoms with van der Waals surface area (Å²) in [6.45, 7) is 6.60. The lowest BCUT2D eigenvalue weighted by atomic mass is 9.98. The molecule has 8 heteroatoms. The number of pyridine rings is 1. The maximum Gasteiger partial charge on any atom is 0.216 e. The topological polar surface area (TPSA) is 79.0 Å². The molecule has 0 aliphatic carbocycles. The van der Waals surface area contributed by atoms with E-state index in [0.717, 1.165) is 61.6 Å². The highest BCUT2D eigenvalue weighted by atomic mass is 16.5. The van der Waals surface area contributed by atoms with E-state index >= 15 is 0 Å². The summed E-state index contributed by atoms with van der Waals surface area (Å²) in [5.74, 6) is 1.33. The van der Waals surface area contributed by atoms with Crippen LogP contribution in [0.4, 0.5) is 0 Å². The number of aryl methyl sites for hydroxylation is 1. The predicted octanol–water partition coefficient (Wildman–Crippen LogP) is 2.56. The molecule has 31 heavy (non-hydrogen) atoms. The van der Waals surface area contributed by atoms with Gasteiger partial charge < -0.3 is 14.8 Å². The zero-order chi connectivity index (χ0) is 21.2. The zero-order valence-electron chi connectivity index (χ0n) is 18.3. The van der Waals surface area contributed by atoms with Crippen molar-refractivity contribution < 1.29 is 9.47 Å². The van der Waals surface area contributed by atoms with Crippen LogP contribution in [0.1, 0.15) is 29.7 Å². The summed E-state index contributed by atoms with van der Waals surface area (Å²) in [5, 5.41) is 13.1.